The molecule has 3 nitrogen and oxygen atoms in total. The number of cyclic esters (lactones) is 2. The first-order valence-electron chi connectivity index (χ1n) is 6.93. The molecule has 1 saturated heterocycles. The first-order chi connectivity index (χ1) is 10.3. The Balaban J connectivity index is 1.85. The first-order valence-corrected chi connectivity index (χ1v) is 8.77. The maximum atomic E-state index is 11.4. The molecule has 1 fully saturated rings. The van der Waals surface area contributed by atoms with E-state index in [0.29, 0.717) is 6.61 Å². The Hall–Kier alpha value is -1.77. The van der Waals surface area contributed by atoms with Crippen LogP contribution in [0.4, 0.5) is 4.79 Å². The van der Waals surface area contributed by atoms with Crippen LogP contribution >= 0.6 is 0 Å². The normalized spacial score (nSPS) is 19.4. The Bertz CT molecular complexity index is 585. The average Bonchev–Trinajstić information content (AvgIpc) is 2.54. The topological polar surface area (TPSA) is 35.5 Å². The SMILES string of the molecule is O=C1OCC[C@H]([C@@H]([Se]c2ccccc2)c2ccccc2)O1. The molecule has 2 atom stereocenters. The van der Waals surface area contributed by atoms with E-state index in [1.807, 2.05) is 24.3 Å². The van der Waals surface area contributed by atoms with Gasteiger partial charge < -0.3 is 0 Å². The van der Waals surface area contributed by atoms with Gasteiger partial charge in [0.1, 0.15) is 0 Å². The van der Waals surface area contributed by atoms with Crippen LogP contribution in [-0.2, 0) is 9.47 Å². The van der Waals surface area contributed by atoms with Crippen LogP contribution in [0.5, 0.6) is 0 Å². The van der Waals surface area contributed by atoms with Crippen molar-refractivity contribution in [1.82, 2.24) is 0 Å². The van der Waals surface area contributed by atoms with Gasteiger partial charge in [-0.05, 0) is 0 Å². The molecule has 1 aliphatic rings. The standard InChI is InChI=1S/C17H16O3Se/c18-17-19-12-11-15(20-17)16(13-7-3-1-4-8-13)21-14-9-5-2-6-10-14/h1-10,15-16H,11-12H2/t15-,16+/m1/s1. The fraction of sp³-hybridized carbons (Fsp3) is 0.235. The Morgan fingerprint density at radius 3 is 2.33 bits per heavy atom. The van der Waals surface area contributed by atoms with E-state index in [-0.39, 0.29) is 25.9 Å². The molecular weight excluding hydrogens is 331 g/mol. The summed E-state index contributed by atoms with van der Waals surface area (Å²) in [6.45, 7) is 0.442. The number of hydrogen-bond acceptors (Lipinski definition) is 3. The van der Waals surface area contributed by atoms with Crippen molar-refractivity contribution in [2.24, 2.45) is 0 Å². The zero-order valence-electron chi connectivity index (χ0n) is 11.5. The fourth-order valence-electron chi connectivity index (χ4n) is 2.34. The van der Waals surface area contributed by atoms with Gasteiger partial charge in [0.15, 0.2) is 0 Å². The van der Waals surface area contributed by atoms with E-state index < -0.39 is 6.16 Å². The Kier molecular flexibility index (Phi) is 4.58. The monoisotopic (exact) mass is 348 g/mol. The first kappa shape index (κ1) is 14.2. The maximum absolute atomic E-state index is 11.4. The third-order valence-electron chi connectivity index (χ3n) is 3.34. The molecule has 2 aromatic carbocycles. The van der Waals surface area contributed by atoms with Crippen LogP contribution in [0, 0.1) is 0 Å². The van der Waals surface area contributed by atoms with Crippen LogP contribution < -0.4 is 4.46 Å². The zero-order chi connectivity index (χ0) is 14.5. The summed E-state index contributed by atoms with van der Waals surface area (Å²) in [6.07, 6.45) is 0.102. The van der Waals surface area contributed by atoms with Crippen molar-refractivity contribution in [3.05, 3.63) is 66.2 Å². The second kappa shape index (κ2) is 6.79. The van der Waals surface area contributed by atoms with Gasteiger partial charge in [-0.25, -0.2) is 0 Å². The van der Waals surface area contributed by atoms with Crippen LogP contribution in [0.25, 0.3) is 0 Å². The molecule has 2 aromatic rings. The predicted molar refractivity (Wildman–Crippen MR) is 81.9 cm³/mol. The fourth-order valence-corrected chi connectivity index (χ4v) is 4.95. The minimum atomic E-state index is -0.545. The molecule has 4 heteroatoms. The van der Waals surface area contributed by atoms with Gasteiger partial charge in [-0.1, -0.05) is 0 Å². The van der Waals surface area contributed by atoms with Gasteiger partial charge in [-0.15, -0.1) is 0 Å². The van der Waals surface area contributed by atoms with Gasteiger partial charge in [0, 0.05) is 0 Å². The Morgan fingerprint density at radius 1 is 1.00 bits per heavy atom. The number of ether oxygens (including phenoxy) is 2. The van der Waals surface area contributed by atoms with Crippen LogP contribution in [0.1, 0.15) is 16.8 Å². The molecule has 108 valence electrons. The molecule has 1 heterocycles. The molecule has 3 rings (SSSR count). The molecule has 0 aromatic heterocycles. The van der Waals surface area contributed by atoms with Gasteiger partial charge in [0.05, 0.1) is 0 Å². The van der Waals surface area contributed by atoms with E-state index in [1.165, 1.54) is 10.0 Å². The van der Waals surface area contributed by atoms with E-state index in [9.17, 15) is 4.79 Å². The average molecular weight is 347 g/mol. The Labute approximate surface area is 130 Å². The Morgan fingerprint density at radius 2 is 1.67 bits per heavy atom. The van der Waals surface area contributed by atoms with Crippen molar-refractivity contribution in [2.75, 3.05) is 6.61 Å². The van der Waals surface area contributed by atoms with Crippen molar-refractivity contribution in [3.63, 3.8) is 0 Å². The summed E-state index contributed by atoms with van der Waals surface area (Å²) < 4.78 is 11.6. The quantitative estimate of drug-likeness (QED) is 0.630. The molecule has 0 aliphatic carbocycles. The van der Waals surface area contributed by atoms with Gasteiger partial charge in [-0.2, -0.15) is 0 Å². The molecule has 21 heavy (non-hydrogen) atoms. The summed E-state index contributed by atoms with van der Waals surface area (Å²) in [5.74, 6) is 0. The molecule has 0 unspecified atom stereocenters. The van der Waals surface area contributed by atoms with Crippen molar-refractivity contribution in [3.8, 4) is 0 Å². The van der Waals surface area contributed by atoms with E-state index in [1.54, 1.807) is 0 Å². The second-order valence-electron chi connectivity index (χ2n) is 4.81. The minimum absolute atomic E-state index is 0.103. The summed E-state index contributed by atoms with van der Waals surface area (Å²) in [5.41, 5.74) is 1.22. The molecule has 0 N–H and O–H groups in total. The molecule has 0 amide bonds. The van der Waals surface area contributed by atoms with E-state index in [0.717, 1.165) is 6.42 Å². The van der Waals surface area contributed by atoms with E-state index in [2.05, 4.69) is 36.4 Å². The number of carbonyl (C=O) groups is 1. The van der Waals surface area contributed by atoms with Crippen LogP contribution in [0.2, 0.25) is 0 Å². The van der Waals surface area contributed by atoms with Gasteiger partial charge in [-0.3, -0.25) is 0 Å². The van der Waals surface area contributed by atoms with Crippen molar-refractivity contribution in [2.45, 2.75) is 17.3 Å². The molecule has 1 aliphatic heterocycles. The molecule has 0 saturated carbocycles. The third-order valence-corrected chi connectivity index (χ3v) is 6.22. The summed E-state index contributed by atoms with van der Waals surface area (Å²) in [6, 6.07) is 20.7. The van der Waals surface area contributed by atoms with Crippen LogP contribution in [0.15, 0.2) is 60.7 Å². The van der Waals surface area contributed by atoms with Gasteiger partial charge >= 0.3 is 130 Å². The van der Waals surface area contributed by atoms with Gasteiger partial charge in [0.2, 0.25) is 0 Å². The van der Waals surface area contributed by atoms with Gasteiger partial charge in [0.25, 0.3) is 0 Å². The van der Waals surface area contributed by atoms with Crippen LogP contribution in [-0.4, -0.2) is 33.8 Å². The number of rotatable bonds is 4. The number of hydrogen-bond donors (Lipinski definition) is 0. The van der Waals surface area contributed by atoms with Crippen molar-refractivity contribution < 1.29 is 14.3 Å². The molecule has 0 bridgehead atoms. The third kappa shape index (κ3) is 3.66. The predicted octanol–water partition coefficient (Wildman–Crippen LogP) is 2.68. The molecular formula is C17H16O3Se. The summed E-state index contributed by atoms with van der Waals surface area (Å²) >= 11 is 0.199. The summed E-state index contributed by atoms with van der Waals surface area (Å²) in [4.78, 5) is 11.6. The molecule has 0 radical (unpaired) electrons. The van der Waals surface area contributed by atoms with Crippen molar-refractivity contribution in [1.29, 1.82) is 0 Å². The second-order valence-corrected chi connectivity index (χ2v) is 7.35. The zero-order valence-corrected chi connectivity index (χ0v) is 13.2. The van der Waals surface area contributed by atoms with E-state index >= 15 is 0 Å². The van der Waals surface area contributed by atoms with E-state index in [4.69, 9.17) is 9.47 Å². The number of benzene rings is 2. The number of carbonyl (C=O) groups excluding carboxylic acids is 1. The summed E-state index contributed by atoms with van der Waals surface area (Å²) in [5, 5.41) is 0. The summed E-state index contributed by atoms with van der Waals surface area (Å²) in [7, 11) is 0. The van der Waals surface area contributed by atoms with Crippen LogP contribution in [0.3, 0.4) is 0 Å². The molecule has 0 spiro atoms. The van der Waals surface area contributed by atoms with Crippen molar-refractivity contribution >= 4 is 25.6 Å².